The highest BCUT2D eigenvalue weighted by atomic mass is 16.5. The van der Waals surface area contributed by atoms with Gasteiger partial charge in [-0.15, -0.1) is 0 Å². The number of amides is 1. The number of ether oxygens (including phenoxy) is 2. The van der Waals surface area contributed by atoms with Crippen LogP contribution in [0, 0.1) is 0 Å². The predicted molar refractivity (Wildman–Crippen MR) is 139 cm³/mol. The molecule has 1 fully saturated rings. The van der Waals surface area contributed by atoms with Crippen LogP contribution in [0.5, 0.6) is 11.5 Å². The number of aliphatic hydroxyl groups excluding tert-OH is 1. The summed E-state index contributed by atoms with van der Waals surface area (Å²) in [5, 5.41) is 11.5. The van der Waals surface area contributed by atoms with E-state index in [0.717, 1.165) is 29.7 Å². The van der Waals surface area contributed by atoms with E-state index in [4.69, 9.17) is 9.47 Å². The van der Waals surface area contributed by atoms with Crippen molar-refractivity contribution in [3.8, 4) is 11.5 Å². The molecule has 3 heterocycles. The normalized spacial score (nSPS) is 20.1. The number of carbonyl (C=O) groups is 2. The van der Waals surface area contributed by atoms with E-state index < -0.39 is 17.7 Å². The third kappa shape index (κ3) is 4.94. The maximum atomic E-state index is 13.4. The van der Waals surface area contributed by atoms with Gasteiger partial charge in [-0.25, -0.2) is 0 Å². The Labute approximate surface area is 216 Å². The van der Waals surface area contributed by atoms with E-state index in [1.807, 2.05) is 43.3 Å². The first-order valence-corrected chi connectivity index (χ1v) is 12.7. The molecule has 0 bridgehead atoms. The minimum atomic E-state index is -0.779. The van der Waals surface area contributed by atoms with Crippen molar-refractivity contribution in [3.05, 3.63) is 94.8 Å². The van der Waals surface area contributed by atoms with Crippen LogP contribution in [0.4, 0.5) is 0 Å². The van der Waals surface area contributed by atoms with Crippen LogP contribution >= 0.6 is 0 Å². The van der Waals surface area contributed by atoms with E-state index >= 15 is 0 Å². The average Bonchev–Trinajstić information content (AvgIpc) is 3.40. The number of hydrogen-bond acceptors (Lipinski definition) is 6. The zero-order valence-electron chi connectivity index (χ0n) is 21.0. The number of fused-ring (bicyclic) bond motifs is 1. The number of aliphatic hydroxyl groups is 1. The van der Waals surface area contributed by atoms with Crippen molar-refractivity contribution < 1.29 is 24.2 Å². The number of pyridine rings is 1. The fraction of sp³-hybridized carbons (Fsp3) is 0.300. The number of carbonyl (C=O) groups excluding carboxylic acids is 2. The first-order valence-electron chi connectivity index (χ1n) is 12.7. The number of ketones is 1. The van der Waals surface area contributed by atoms with Gasteiger partial charge < -0.3 is 19.5 Å². The van der Waals surface area contributed by atoms with E-state index in [1.54, 1.807) is 30.6 Å². The Kier molecular flexibility index (Phi) is 6.95. The van der Waals surface area contributed by atoms with Crippen LogP contribution in [0.25, 0.3) is 5.76 Å². The summed E-state index contributed by atoms with van der Waals surface area (Å²) >= 11 is 0. The van der Waals surface area contributed by atoms with Gasteiger partial charge in [-0.1, -0.05) is 31.5 Å². The average molecular weight is 499 g/mol. The third-order valence-corrected chi connectivity index (χ3v) is 6.73. The van der Waals surface area contributed by atoms with Gasteiger partial charge in [-0.2, -0.15) is 0 Å². The molecule has 2 aromatic carbocycles. The van der Waals surface area contributed by atoms with Gasteiger partial charge in [0.1, 0.15) is 23.4 Å². The van der Waals surface area contributed by atoms with E-state index in [2.05, 4.69) is 11.9 Å². The molecule has 1 aromatic heterocycles. The summed E-state index contributed by atoms with van der Waals surface area (Å²) in [6.45, 7) is 4.83. The minimum Gasteiger partial charge on any atom is -0.507 e. The second-order valence-corrected chi connectivity index (χ2v) is 9.52. The second kappa shape index (κ2) is 10.5. The Morgan fingerprint density at radius 3 is 2.81 bits per heavy atom. The molecule has 7 heteroatoms. The molecule has 190 valence electrons. The summed E-state index contributed by atoms with van der Waals surface area (Å²) in [5.74, 6) is -0.146. The molecule has 0 saturated carbocycles. The number of nitrogens with zero attached hydrogens (tertiary/aromatic N) is 2. The molecule has 3 aromatic rings. The molecule has 0 aliphatic carbocycles. The minimum absolute atomic E-state index is 0.0490. The maximum Gasteiger partial charge on any atom is 0.295 e. The summed E-state index contributed by atoms with van der Waals surface area (Å²) in [7, 11) is 0. The summed E-state index contributed by atoms with van der Waals surface area (Å²) < 4.78 is 11.7. The molecule has 2 aliphatic rings. The molecule has 0 spiro atoms. The van der Waals surface area contributed by atoms with Crippen LogP contribution < -0.4 is 9.47 Å². The fourth-order valence-electron chi connectivity index (χ4n) is 4.91. The van der Waals surface area contributed by atoms with Crippen molar-refractivity contribution in [2.75, 3.05) is 6.61 Å². The van der Waals surface area contributed by atoms with Crippen molar-refractivity contribution in [1.82, 2.24) is 9.88 Å². The lowest BCUT2D eigenvalue weighted by Gasteiger charge is -2.25. The lowest BCUT2D eigenvalue weighted by Crippen LogP contribution is -2.29. The van der Waals surface area contributed by atoms with Gasteiger partial charge in [0.25, 0.3) is 11.7 Å². The van der Waals surface area contributed by atoms with Gasteiger partial charge >= 0.3 is 0 Å². The number of aromatic nitrogens is 1. The number of hydrogen-bond donors (Lipinski definition) is 1. The van der Waals surface area contributed by atoms with Crippen LogP contribution in [-0.4, -0.2) is 39.4 Å². The molecular weight excluding hydrogens is 468 g/mol. The molecule has 2 atom stereocenters. The van der Waals surface area contributed by atoms with Gasteiger partial charge in [0.2, 0.25) is 0 Å². The first-order chi connectivity index (χ1) is 18.0. The van der Waals surface area contributed by atoms with Crippen LogP contribution in [0.15, 0.2) is 72.6 Å². The smallest absolute Gasteiger partial charge is 0.295 e. The van der Waals surface area contributed by atoms with E-state index in [1.165, 1.54) is 4.90 Å². The Morgan fingerprint density at radius 2 is 2.03 bits per heavy atom. The number of unbranched alkanes of at least 4 members (excludes halogenated alkanes) is 1. The van der Waals surface area contributed by atoms with Crippen LogP contribution in [0.2, 0.25) is 0 Å². The SMILES string of the molecule is CCCCOc1cccc([C@H]2/C(=C(\O)c3ccc4c(c3)C[C@@H](C)O4)C(=O)C(=O)N2Cc2cccnc2)c1. The molecule has 1 N–H and O–H groups in total. The molecule has 1 amide bonds. The van der Waals surface area contributed by atoms with Crippen molar-refractivity contribution in [1.29, 1.82) is 0 Å². The number of Topliss-reactive ketones (excluding diaryl/α,β-unsaturated/α-hetero) is 1. The third-order valence-electron chi connectivity index (χ3n) is 6.73. The van der Waals surface area contributed by atoms with Gasteiger partial charge in [-0.3, -0.25) is 14.6 Å². The summed E-state index contributed by atoms with van der Waals surface area (Å²) in [6.07, 6.45) is 6.02. The molecule has 0 radical (unpaired) electrons. The molecule has 5 rings (SSSR count). The molecule has 1 saturated heterocycles. The quantitative estimate of drug-likeness (QED) is 0.199. The highest BCUT2D eigenvalue weighted by Gasteiger charge is 2.46. The zero-order chi connectivity index (χ0) is 25.9. The number of likely N-dealkylation sites (tertiary alicyclic amines) is 1. The van der Waals surface area contributed by atoms with Gasteiger partial charge in [0, 0.05) is 30.9 Å². The summed E-state index contributed by atoms with van der Waals surface area (Å²) in [4.78, 5) is 32.4. The molecular formula is C30H30N2O5. The Bertz CT molecular complexity index is 1350. The predicted octanol–water partition coefficient (Wildman–Crippen LogP) is 5.21. The van der Waals surface area contributed by atoms with Gasteiger partial charge in [0.05, 0.1) is 18.2 Å². The van der Waals surface area contributed by atoms with Crippen molar-refractivity contribution in [3.63, 3.8) is 0 Å². The van der Waals surface area contributed by atoms with Gasteiger partial charge in [-0.05, 0) is 66.4 Å². The van der Waals surface area contributed by atoms with Crippen molar-refractivity contribution >= 4 is 17.4 Å². The molecule has 37 heavy (non-hydrogen) atoms. The monoisotopic (exact) mass is 498 g/mol. The topological polar surface area (TPSA) is 89.0 Å². The van der Waals surface area contributed by atoms with Crippen molar-refractivity contribution in [2.45, 2.75) is 51.8 Å². The second-order valence-electron chi connectivity index (χ2n) is 9.52. The van der Waals surface area contributed by atoms with Crippen LogP contribution in [0.1, 0.15) is 55.0 Å². The lowest BCUT2D eigenvalue weighted by molar-refractivity contribution is -0.140. The highest BCUT2D eigenvalue weighted by molar-refractivity contribution is 6.46. The zero-order valence-corrected chi connectivity index (χ0v) is 21.0. The standard InChI is InChI=1S/C30H30N2O5/c1-3-4-13-36-24-9-5-8-21(16-24)27-26(28(33)22-10-11-25-23(15-22)14-19(2)37-25)29(34)30(35)32(27)18-20-7-6-12-31-17-20/h5-12,15-17,19,27,33H,3-4,13-14,18H2,1-2H3/b28-26+/t19-,27+/m1/s1. The lowest BCUT2D eigenvalue weighted by atomic mass is 9.94. The van der Waals surface area contributed by atoms with Gasteiger partial charge in [0.15, 0.2) is 0 Å². The van der Waals surface area contributed by atoms with Crippen LogP contribution in [-0.2, 0) is 22.6 Å². The number of rotatable bonds is 8. The van der Waals surface area contributed by atoms with Crippen molar-refractivity contribution in [2.24, 2.45) is 0 Å². The molecule has 2 aliphatic heterocycles. The highest BCUT2D eigenvalue weighted by Crippen LogP contribution is 2.42. The van der Waals surface area contributed by atoms with Crippen LogP contribution in [0.3, 0.4) is 0 Å². The Hall–Kier alpha value is -4.13. The fourth-order valence-corrected chi connectivity index (χ4v) is 4.91. The van der Waals surface area contributed by atoms with E-state index in [-0.39, 0.29) is 24.0 Å². The van der Waals surface area contributed by atoms with E-state index in [0.29, 0.717) is 29.9 Å². The Morgan fingerprint density at radius 1 is 1.16 bits per heavy atom. The number of benzene rings is 2. The first kappa shape index (κ1) is 24.6. The largest absolute Gasteiger partial charge is 0.507 e. The maximum absolute atomic E-state index is 13.4. The summed E-state index contributed by atoms with van der Waals surface area (Å²) in [6, 6.07) is 15.6. The molecule has 7 nitrogen and oxygen atoms in total. The summed E-state index contributed by atoms with van der Waals surface area (Å²) in [5.41, 5.74) is 2.98. The van der Waals surface area contributed by atoms with E-state index in [9.17, 15) is 14.7 Å². The molecule has 0 unspecified atom stereocenters. The Balaban J connectivity index is 1.59.